The molecule has 0 saturated carbocycles. The fourth-order valence-corrected chi connectivity index (χ4v) is 2.04. The van der Waals surface area contributed by atoms with Gasteiger partial charge in [-0.1, -0.05) is 38.1 Å². The molecule has 0 aliphatic heterocycles. The first-order valence-corrected chi connectivity index (χ1v) is 8.12. The number of carbonyl (C=O) groups excluding carboxylic acids is 1. The monoisotopic (exact) mass is 306 g/mol. The number of amides is 1. The van der Waals surface area contributed by atoms with Gasteiger partial charge in [0, 0.05) is 19.1 Å². The maximum atomic E-state index is 11.7. The third-order valence-electron chi connectivity index (χ3n) is 3.41. The average Bonchev–Trinajstić information content (AvgIpc) is 2.46. The highest BCUT2D eigenvalue weighted by atomic mass is 16.6. The first-order chi connectivity index (χ1) is 10.3. The van der Waals surface area contributed by atoms with Gasteiger partial charge in [-0.15, -0.1) is 0 Å². The molecular weight excluding hydrogens is 276 g/mol. The summed E-state index contributed by atoms with van der Waals surface area (Å²) in [5.41, 5.74) is 2.15. The number of rotatable bonds is 7. The van der Waals surface area contributed by atoms with E-state index >= 15 is 0 Å². The van der Waals surface area contributed by atoms with E-state index in [1.54, 1.807) is 0 Å². The second-order valence-corrected chi connectivity index (χ2v) is 6.54. The second-order valence-electron chi connectivity index (χ2n) is 6.54. The molecule has 0 radical (unpaired) electrons. The van der Waals surface area contributed by atoms with Crippen LogP contribution in [0.5, 0.6) is 0 Å². The Morgan fingerprint density at radius 3 is 2.23 bits per heavy atom. The van der Waals surface area contributed by atoms with E-state index < -0.39 is 5.60 Å². The lowest BCUT2D eigenvalue weighted by Crippen LogP contribution is -2.42. The highest BCUT2D eigenvalue weighted by Crippen LogP contribution is 2.07. The van der Waals surface area contributed by atoms with E-state index in [2.05, 4.69) is 48.7 Å². The normalized spacial score (nSPS) is 12.8. The highest BCUT2D eigenvalue weighted by Gasteiger charge is 2.16. The van der Waals surface area contributed by atoms with Gasteiger partial charge in [0.25, 0.3) is 0 Å². The molecule has 0 aromatic heterocycles. The molecule has 0 heterocycles. The van der Waals surface area contributed by atoms with Gasteiger partial charge in [0.05, 0.1) is 0 Å². The molecule has 1 atom stereocenters. The molecule has 124 valence electrons. The Bertz CT molecular complexity index is 449. The molecule has 0 fully saturated rings. The van der Waals surface area contributed by atoms with Gasteiger partial charge in [-0.2, -0.15) is 0 Å². The first-order valence-electron chi connectivity index (χ1n) is 8.12. The minimum absolute atomic E-state index is 0.235. The summed E-state index contributed by atoms with van der Waals surface area (Å²) in [5.74, 6) is 0. The van der Waals surface area contributed by atoms with Gasteiger partial charge >= 0.3 is 6.09 Å². The van der Waals surface area contributed by atoms with E-state index in [1.807, 2.05) is 20.8 Å². The fourth-order valence-electron chi connectivity index (χ4n) is 2.04. The largest absolute Gasteiger partial charge is 0.444 e. The number of alkyl carbamates (subject to hydrolysis) is 1. The summed E-state index contributed by atoms with van der Waals surface area (Å²) in [6.45, 7) is 11.2. The van der Waals surface area contributed by atoms with Crippen LogP contribution in [0.15, 0.2) is 24.3 Å². The molecule has 0 bridgehead atoms. The summed E-state index contributed by atoms with van der Waals surface area (Å²) in [5, 5.41) is 6.29. The molecule has 2 N–H and O–H groups in total. The van der Waals surface area contributed by atoms with Crippen molar-refractivity contribution in [2.75, 3.05) is 6.54 Å². The number of hydrogen-bond donors (Lipinski definition) is 2. The standard InChI is InChI=1S/C18H30N2O2/c1-6-14-8-10-15(11-9-14)12-19-16(7-2)13-20-17(21)22-18(3,4)5/h8-11,16,19H,6-7,12-13H2,1-5H3,(H,20,21). The maximum absolute atomic E-state index is 11.7. The molecule has 1 unspecified atom stereocenters. The first kappa shape index (κ1) is 18.5. The molecule has 4 heteroatoms. The van der Waals surface area contributed by atoms with E-state index in [0.29, 0.717) is 6.54 Å². The zero-order valence-corrected chi connectivity index (χ0v) is 14.5. The quantitative estimate of drug-likeness (QED) is 0.808. The van der Waals surface area contributed by atoms with Crippen molar-refractivity contribution in [3.63, 3.8) is 0 Å². The topological polar surface area (TPSA) is 50.4 Å². The maximum Gasteiger partial charge on any atom is 0.407 e. The van der Waals surface area contributed by atoms with Gasteiger partial charge in [-0.25, -0.2) is 4.79 Å². The van der Waals surface area contributed by atoms with E-state index in [9.17, 15) is 4.79 Å². The predicted molar refractivity (Wildman–Crippen MR) is 91.0 cm³/mol. The van der Waals surface area contributed by atoms with Crippen molar-refractivity contribution >= 4 is 6.09 Å². The van der Waals surface area contributed by atoms with Gasteiger partial charge in [0.1, 0.15) is 5.60 Å². The summed E-state index contributed by atoms with van der Waals surface area (Å²) >= 11 is 0. The van der Waals surface area contributed by atoms with Crippen molar-refractivity contribution in [1.82, 2.24) is 10.6 Å². The molecule has 4 nitrogen and oxygen atoms in total. The number of benzene rings is 1. The molecule has 0 saturated heterocycles. The lowest BCUT2D eigenvalue weighted by atomic mass is 10.1. The van der Waals surface area contributed by atoms with Crippen molar-refractivity contribution in [3.8, 4) is 0 Å². The Balaban J connectivity index is 2.36. The molecule has 22 heavy (non-hydrogen) atoms. The lowest BCUT2D eigenvalue weighted by molar-refractivity contribution is 0.0522. The number of carbonyl (C=O) groups is 1. The minimum atomic E-state index is -0.458. The average molecular weight is 306 g/mol. The van der Waals surface area contributed by atoms with Crippen LogP contribution in [0.3, 0.4) is 0 Å². The molecule has 1 aromatic carbocycles. The summed E-state index contributed by atoms with van der Waals surface area (Å²) in [4.78, 5) is 11.7. The van der Waals surface area contributed by atoms with Crippen LogP contribution in [-0.4, -0.2) is 24.3 Å². The lowest BCUT2D eigenvalue weighted by Gasteiger charge is -2.22. The van der Waals surface area contributed by atoms with Crippen LogP contribution in [0.1, 0.15) is 52.2 Å². The van der Waals surface area contributed by atoms with E-state index in [4.69, 9.17) is 4.74 Å². The third kappa shape index (κ3) is 7.46. The van der Waals surface area contributed by atoms with Gasteiger partial charge in [-0.05, 0) is 44.7 Å². The van der Waals surface area contributed by atoms with Crippen LogP contribution in [0.2, 0.25) is 0 Å². The smallest absolute Gasteiger partial charge is 0.407 e. The molecule has 0 aliphatic rings. The zero-order valence-electron chi connectivity index (χ0n) is 14.5. The summed E-state index contributed by atoms with van der Waals surface area (Å²) in [6.07, 6.45) is 1.65. The van der Waals surface area contributed by atoms with E-state index in [1.165, 1.54) is 11.1 Å². The van der Waals surface area contributed by atoms with Gasteiger partial charge in [0.15, 0.2) is 0 Å². The zero-order chi connectivity index (χ0) is 16.6. The SMILES string of the molecule is CCc1ccc(CNC(CC)CNC(=O)OC(C)(C)C)cc1. The van der Waals surface area contributed by atoms with E-state index in [0.717, 1.165) is 19.4 Å². The van der Waals surface area contributed by atoms with Crippen LogP contribution >= 0.6 is 0 Å². The Morgan fingerprint density at radius 1 is 1.14 bits per heavy atom. The minimum Gasteiger partial charge on any atom is -0.444 e. The Labute approximate surface area is 134 Å². The predicted octanol–water partition coefficient (Wildman–Crippen LogP) is 3.64. The van der Waals surface area contributed by atoms with Crippen LogP contribution in [0, 0.1) is 0 Å². The van der Waals surface area contributed by atoms with Crippen LogP contribution < -0.4 is 10.6 Å². The number of aryl methyl sites for hydroxylation is 1. The summed E-state index contributed by atoms with van der Waals surface area (Å²) < 4.78 is 5.24. The Kier molecular flexibility index (Phi) is 7.39. The van der Waals surface area contributed by atoms with Crippen molar-refractivity contribution in [3.05, 3.63) is 35.4 Å². The van der Waals surface area contributed by atoms with Gasteiger partial charge in [-0.3, -0.25) is 0 Å². The highest BCUT2D eigenvalue weighted by molar-refractivity contribution is 5.67. The molecule has 0 aliphatic carbocycles. The van der Waals surface area contributed by atoms with Crippen molar-refractivity contribution < 1.29 is 9.53 Å². The number of hydrogen-bond acceptors (Lipinski definition) is 3. The summed E-state index contributed by atoms with van der Waals surface area (Å²) in [6, 6.07) is 8.87. The second kappa shape index (κ2) is 8.79. The van der Waals surface area contributed by atoms with Crippen molar-refractivity contribution in [1.29, 1.82) is 0 Å². The fraction of sp³-hybridized carbons (Fsp3) is 0.611. The van der Waals surface area contributed by atoms with Crippen LogP contribution in [0.4, 0.5) is 4.79 Å². The Morgan fingerprint density at radius 2 is 1.73 bits per heavy atom. The van der Waals surface area contributed by atoms with E-state index in [-0.39, 0.29) is 12.1 Å². The van der Waals surface area contributed by atoms with Crippen LogP contribution in [-0.2, 0) is 17.7 Å². The van der Waals surface area contributed by atoms with Crippen LogP contribution in [0.25, 0.3) is 0 Å². The molecular formula is C18H30N2O2. The number of ether oxygens (including phenoxy) is 1. The summed E-state index contributed by atoms with van der Waals surface area (Å²) in [7, 11) is 0. The van der Waals surface area contributed by atoms with Gasteiger partial charge in [0.2, 0.25) is 0 Å². The molecule has 1 rings (SSSR count). The molecule has 1 aromatic rings. The van der Waals surface area contributed by atoms with Gasteiger partial charge < -0.3 is 15.4 Å². The van der Waals surface area contributed by atoms with Crippen molar-refractivity contribution in [2.24, 2.45) is 0 Å². The third-order valence-corrected chi connectivity index (χ3v) is 3.41. The Hall–Kier alpha value is -1.55. The molecule has 1 amide bonds. The van der Waals surface area contributed by atoms with Crippen molar-refractivity contribution in [2.45, 2.75) is 65.6 Å². The molecule has 0 spiro atoms. The number of nitrogens with one attached hydrogen (secondary N) is 2.